The number of anilines is 1. The summed E-state index contributed by atoms with van der Waals surface area (Å²) in [6.45, 7) is 12.1. The van der Waals surface area contributed by atoms with E-state index < -0.39 is 29.0 Å². The molecule has 0 spiro atoms. The lowest BCUT2D eigenvalue weighted by atomic mass is 9.91. The van der Waals surface area contributed by atoms with Crippen LogP contribution in [-0.4, -0.2) is 33.7 Å². The van der Waals surface area contributed by atoms with E-state index in [0.717, 1.165) is 17.4 Å². The number of carbonyl (C=O) groups is 2. The van der Waals surface area contributed by atoms with Crippen LogP contribution < -0.4 is 10.2 Å². The van der Waals surface area contributed by atoms with Gasteiger partial charge >= 0.3 is 0 Å². The number of hydrogen-bond donors (Lipinski definition) is 1. The summed E-state index contributed by atoms with van der Waals surface area (Å²) in [5.74, 6) is -2.24. The molecule has 1 atom stereocenters. The van der Waals surface area contributed by atoms with Gasteiger partial charge in [-0.05, 0) is 37.5 Å². The van der Waals surface area contributed by atoms with Crippen LogP contribution >= 0.6 is 0 Å². The second-order valence-electron chi connectivity index (χ2n) is 9.77. The molecule has 0 aliphatic carbocycles. The number of aromatic nitrogens is 2. The van der Waals surface area contributed by atoms with Crippen molar-refractivity contribution in [1.82, 2.24) is 15.1 Å². The van der Waals surface area contributed by atoms with E-state index in [9.17, 15) is 18.4 Å². The Hall–Kier alpha value is -2.77. The van der Waals surface area contributed by atoms with Gasteiger partial charge in [0.05, 0.1) is 17.9 Å². The van der Waals surface area contributed by atoms with E-state index in [4.69, 9.17) is 0 Å². The molecular formula is C23H30F2N4O2. The average molecular weight is 433 g/mol. The second-order valence-corrected chi connectivity index (χ2v) is 9.77. The molecule has 6 nitrogen and oxygen atoms in total. The molecule has 1 N–H and O–H groups in total. The number of benzene rings is 1. The number of fused-ring (bicyclic) bond motifs is 1. The summed E-state index contributed by atoms with van der Waals surface area (Å²) in [6, 6.07) is 4.66. The molecule has 0 fully saturated rings. The van der Waals surface area contributed by atoms with Crippen molar-refractivity contribution in [3.05, 3.63) is 47.3 Å². The predicted molar refractivity (Wildman–Crippen MR) is 115 cm³/mol. The Balaban J connectivity index is 2.10. The summed E-state index contributed by atoms with van der Waals surface area (Å²) in [5.41, 5.74) is -0.938. The van der Waals surface area contributed by atoms with Crippen LogP contribution in [0.2, 0.25) is 0 Å². The fourth-order valence-corrected chi connectivity index (χ4v) is 3.65. The Labute approximate surface area is 181 Å². The molecule has 2 aromatic rings. The topological polar surface area (TPSA) is 67.2 Å². The van der Waals surface area contributed by atoms with E-state index in [-0.39, 0.29) is 23.3 Å². The third-order valence-corrected chi connectivity index (χ3v) is 5.57. The number of rotatable bonds is 5. The van der Waals surface area contributed by atoms with Gasteiger partial charge in [-0.25, -0.2) is 8.78 Å². The van der Waals surface area contributed by atoms with Crippen LogP contribution in [0.25, 0.3) is 0 Å². The van der Waals surface area contributed by atoms with Crippen LogP contribution in [0.1, 0.15) is 64.1 Å². The smallest absolute Gasteiger partial charge is 0.277 e. The lowest BCUT2D eigenvalue weighted by Crippen LogP contribution is -2.64. The summed E-state index contributed by atoms with van der Waals surface area (Å²) in [6.07, 6.45) is 0.766. The lowest BCUT2D eigenvalue weighted by molar-refractivity contribution is -0.126. The van der Waals surface area contributed by atoms with Crippen LogP contribution in [0.3, 0.4) is 0 Å². The van der Waals surface area contributed by atoms with Gasteiger partial charge in [-0.3, -0.25) is 19.2 Å². The molecular weight excluding hydrogens is 402 g/mol. The van der Waals surface area contributed by atoms with Crippen molar-refractivity contribution in [2.24, 2.45) is 5.92 Å². The molecule has 0 bridgehead atoms. The largest absolute Gasteiger partial charge is 0.354 e. The zero-order valence-electron chi connectivity index (χ0n) is 18.9. The molecule has 1 aromatic carbocycles. The molecule has 168 valence electrons. The summed E-state index contributed by atoms with van der Waals surface area (Å²) < 4.78 is 29.8. The van der Waals surface area contributed by atoms with E-state index in [2.05, 4.69) is 10.4 Å². The molecule has 31 heavy (non-hydrogen) atoms. The van der Waals surface area contributed by atoms with Crippen molar-refractivity contribution < 1.29 is 18.4 Å². The minimum atomic E-state index is -1.44. The van der Waals surface area contributed by atoms with Gasteiger partial charge in [0, 0.05) is 18.0 Å². The first-order chi connectivity index (χ1) is 14.3. The van der Waals surface area contributed by atoms with Crippen LogP contribution in [-0.2, 0) is 16.8 Å². The highest BCUT2D eigenvalue weighted by Gasteiger charge is 2.49. The number of hydrogen-bond acceptors (Lipinski definition) is 3. The van der Waals surface area contributed by atoms with E-state index in [1.165, 1.54) is 10.7 Å². The van der Waals surface area contributed by atoms with E-state index >= 15 is 0 Å². The Bertz CT molecular complexity index is 1010. The second kappa shape index (κ2) is 8.05. The van der Waals surface area contributed by atoms with Crippen LogP contribution in [0, 0.1) is 17.6 Å². The molecule has 8 heteroatoms. The van der Waals surface area contributed by atoms with E-state index in [0.29, 0.717) is 24.2 Å². The zero-order valence-corrected chi connectivity index (χ0v) is 18.9. The van der Waals surface area contributed by atoms with Crippen molar-refractivity contribution in [1.29, 1.82) is 0 Å². The highest BCUT2D eigenvalue weighted by Crippen LogP contribution is 2.35. The van der Waals surface area contributed by atoms with Gasteiger partial charge < -0.3 is 5.32 Å². The fraction of sp³-hybridized carbons (Fsp3) is 0.522. The van der Waals surface area contributed by atoms with Gasteiger partial charge in [0.15, 0.2) is 0 Å². The van der Waals surface area contributed by atoms with E-state index in [1.54, 1.807) is 13.0 Å². The Morgan fingerprint density at radius 3 is 2.52 bits per heavy atom. The van der Waals surface area contributed by atoms with Gasteiger partial charge in [-0.1, -0.05) is 34.6 Å². The van der Waals surface area contributed by atoms with Gasteiger partial charge in [-0.2, -0.15) is 5.10 Å². The number of halogens is 2. The maximum Gasteiger partial charge on any atom is 0.277 e. The van der Waals surface area contributed by atoms with Crippen molar-refractivity contribution in [2.45, 2.75) is 65.5 Å². The molecule has 1 unspecified atom stereocenters. The Morgan fingerprint density at radius 2 is 1.94 bits per heavy atom. The highest BCUT2D eigenvalue weighted by atomic mass is 19.1. The van der Waals surface area contributed by atoms with E-state index in [1.807, 2.05) is 34.6 Å². The van der Waals surface area contributed by atoms with Crippen molar-refractivity contribution in [2.75, 3.05) is 11.4 Å². The number of carbonyl (C=O) groups excluding carboxylic acids is 2. The molecule has 0 saturated heterocycles. The molecule has 0 radical (unpaired) electrons. The first kappa shape index (κ1) is 22.9. The third kappa shape index (κ3) is 4.34. The first-order valence-corrected chi connectivity index (χ1v) is 10.5. The summed E-state index contributed by atoms with van der Waals surface area (Å²) in [5, 5.41) is 7.43. The Kier molecular flexibility index (Phi) is 5.95. The van der Waals surface area contributed by atoms with Gasteiger partial charge in [0.2, 0.25) is 5.91 Å². The third-order valence-electron chi connectivity index (χ3n) is 5.57. The minimum absolute atomic E-state index is 0.0501. The summed E-state index contributed by atoms with van der Waals surface area (Å²) >= 11 is 0. The van der Waals surface area contributed by atoms with Crippen LogP contribution in [0.5, 0.6) is 0 Å². The summed E-state index contributed by atoms with van der Waals surface area (Å²) in [7, 11) is 0. The molecule has 2 heterocycles. The fourth-order valence-electron chi connectivity index (χ4n) is 3.65. The predicted octanol–water partition coefficient (Wildman–Crippen LogP) is 4.04. The summed E-state index contributed by atoms with van der Waals surface area (Å²) in [4.78, 5) is 27.9. The highest BCUT2D eigenvalue weighted by molar-refractivity contribution is 6.11. The molecule has 1 aromatic heterocycles. The maximum absolute atomic E-state index is 14.8. The van der Waals surface area contributed by atoms with Crippen LogP contribution in [0.4, 0.5) is 14.5 Å². The number of nitrogens with zero attached hydrogens (tertiary/aromatic N) is 3. The van der Waals surface area contributed by atoms with Gasteiger partial charge in [0.1, 0.15) is 22.9 Å². The molecule has 3 rings (SSSR count). The molecule has 1 aliphatic heterocycles. The molecule has 1 aliphatic rings. The quantitative estimate of drug-likeness (QED) is 0.775. The minimum Gasteiger partial charge on any atom is -0.354 e. The standard InChI is InChI=1S/C23H30F2N4O2/c1-14(2)9-10-26-21(31)23(6)13-28-18(12-19(27-28)22(3,4)5)20(30)29(23)17-8-7-15(24)11-16(17)25/h7-8,11-12,14H,9-10,13H2,1-6H3,(H,26,31). The average Bonchev–Trinajstić information content (AvgIpc) is 3.07. The van der Waals surface area contributed by atoms with Crippen molar-refractivity contribution >= 4 is 17.5 Å². The Morgan fingerprint density at radius 1 is 1.26 bits per heavy atom. The maximum atomic E-state index is 14.8. The number of amides is 2. The lowest BCUT2D eigenvalue weighted by Gasteiger charge is -2.43. The van der Waals surface area contributed by atoms with Crippen molar-refractivity contribution in [3.8, 4) is 0 Å². The van der Waals surface area contributed by atoms with Crippen LogP contribution in [0.15, 0.2) is 24.3 Å². The normalized spacial score (nSPS) is 19.0. The zero-order chi connectivity index (χ0) is 23.1. The SMILES string of the molecule is CC(C)CCNC(=O)C1(C)Cn2nc(C(C)(C)C)cc2C(=O)N1c1ccc(F)cc1F. The van der Waals surface area contributed by atoms with Crippen molar-refractivity contribution in [3.63, 3.8) is 0 Å². The monoisotopic (exact) mass is 432 g/mol. The molecule has 0 saturated carbocycles. The van der Waals surface area contributed by atoms with Gasteiger partial charge in [-0.15, -0.1) is 0 Å². The van der Waals surface area contributed by atoms with Gasteiger partial charge in [0.25, 0.3) is 5.91 Å². The number of nitrogens with one attached hydrogen (secondary N) is 1. The first-order valence-electron chi connectivity index (χ1n) is 10.5. The molecule has 2 amide bonds.